The summed E-state index contributed by atoms with van der Waals surface area (Å²) in [6.07, 6.45) is -6.61. The molecule has 5 fully saturated rings. The second-order valence-corrected chi connectivity index (χ2v) is 23.8. The lowest BCUT2D eigenvalue weighted by atomic mass is 9.68. The number of hydrogen-bond donors (Lipinski definition) is 5. The van der Waals surface area contributed by atoms with Gasteiger partial charge in [-0.2, -0.15) is 0 Å². The van der Waals surface area contributed by atoms with E-state index in [2.05, 4.69) is 10.3 Å². The van der Waals surface area contributed by atoms with E-state index < -0.39 is 120 Å². The lowest BCUT2D eigenvalue weighted by Gasteiger charge is -2.51. The Hall–Kier alpha value is -3.65. The third kappa shape index (κ3) is 13.6. The zero-order chi connectivity index (χ0) is 56.5. The quantitative estimate of drug-likeness (QED) is 0.181. The average molecular weight is 1090 g/mol. The molecule has 6 heterocycles. The number of cyclic esters (lactones) is 2. The molecule has 0 radical (unpaired) electrons. The van der Waals surface area contributed by atoms with Crippen LogP contribution in [0, 0.1) is 29.5 Å². The van der Waals surface area contributed by atoms with Gasteiger partial charge in [0.15, 0.2) is 6.29 Å². The van der Waals surface area contributed by atoms with E-state index in [4.69, 9.17) is 33.2 Å². The lowest BCUT2D eigenvalue weighted by Crippen LogP contribution is -2.62. The fourth-order valence-electron chi connectivity index (χ4n) is 13.0. The van der Waals surface area contributed by atoms with E-state index in [0.717, 1.165) is 0 Å². The van der Waals surface area contributed by atoms with Crippen LogP contribution in [-0.4, -0.2) is 220 Å². The fourth-order valence-corrected chi connectivity index (χ4v) is 13.0. The van der Waals surface area contributed by atoms with Crippen LogP contribution >= 0.6 is 0 Å². The molecule has 5 saturated heterocycles. The number of nitrogens with zero attached hydrogens (tertiary/aromatic N) is 7. The van der Waals surface area contributed by atoms with Crippen molar-refractivity contribution in [2.24, 2.45) is 23.7 Å². The third-order valence-electron chi connectivity index (χ3n) is 17.6. The van der Waals surface area contributed by atoms with E-state index in [1.54, 1.807) is 64.6 Å². The van der Waals surface area contributed by atoms with Gasteiger partial charge >= 0.3 is 12.1 Å². The number of benzene rings is 1. The molecule has 1 amide bonds. The Labute approximate surface area is 454 Å². The van der Waals surface area contributed by atoms with Crippen molar-refractivity contribution in [2.45, 2.75) is 198 Å². The summed E-state index contributed by atoms with van der Waals surface area (Å²) in [4.78, 5) is 34.9. The molecule has 0 aliphatic carbocycles. The van der Waals surface area contributed by atoms with E-state index in [0.29, 0.717) is 69.3 Å². The van der Waals surface area contributed by atoms with Gasteiger partial charge in [0.25, 0.3) is 0 Å². The van der Waals surface area contributed by atoms with Crippen LogP contribution in [-0.2, 0) is 50.9 Å². The molecular formula is C55H90FN7O14. The number of morpholine rings is 1. The SMILES string of the molecule is CC[C@H]1OC(=O)[C@H](C)C([C@H]2C[C@@](C)(OC)[C@@H](O)[C@H](C)O2)[C@H](C)[C@@H](O[C@@H]2O[C@H](C)C[C@H](N(C)CCc3cn(C[C@H]4CN(c5ccc(N6CCOCC6)c(F)c5)C(=O)O4)nn3)[C@H]2O)[C@](C)(O)C[C@@H](C)CN(C)[C@H](C)[C@@H](O)[C@]1(C)O. The summed E-state index contributed by atoms with van der Waals surface area (Å²) < 4.78 is 60.2. The van der Waals surface area contributed by atoms with Crippen LogP contribution in [0.3, 0.4) is 0 Å². The van der Waals surface area contributed by atoms with Crippen molar-refractivity contribution >= 4 is 23.4 Å². The monoisotopic (exact) mass is 1090 g/mol. The number of esters is 1. The molecule has 1 aromatic carbocycles. The Kier molecular flexibility index (Phi) is 19.8. The van der Waals surface area contributed by atoms with Gasteiger partial charge in [-0.15, -0.1) is 5.10 Å². The Morgan fingerprint density at radius 3 is 2.31 bits per heavy atom. The minimum absolute atomic E-state index is 0.170. The molecule has 1 aromatic heterocycles. The predicted octanol–water partition coefficient (Wildman–Crippen LogP) is 3.38. The Bertz CT molecular complexity index is 2270. The second kappa shape index (κ2) is 25.0. The van der Waals surface area contributed by atoms with Gasteiger partial charge < -0.3 is 73.4 Å². The highest BCUT2D eigenvalue weighted by Gasteiger charge is 2.55. The number of halogens is 1. The fraction of sp³-hybridized carbons (Fsp3) is 0.818. The van der Waals surface area contributed by atoms with Crippen LogP contribution < -0.4 is 9.80 Å². The van der Waals surface area contributed by atoms with E-state index in [1.165, 1.54) is 25.0 Å². The summed E-state index contributed by atoms with van der Waals surface area (Å²) in [5.41, 5.74) is -2.99. The van der Waals surface area contributed by atoms with Crippen molar-refractivity contribution in [3.63, 3.8) is 0 Å². The lowest BCUT2D eigenvalue weighted by molar-refractivity contribution is -0.302. The first-order valence-electron chi connectivity index (χ1n) is 27.8. The van der Waals surface area contributed by atoms with Crippen LogP contribution in [0.15, 0.2) is 24.4 Å². The van der Waals surface area contributed by atoms with Crippen molar-refractivity contribution in [1.82, 2.24) is 24.8 Å². The van der Waals surface area contributed by atoms with Crippen molar-refractivity contribution < 1.29 is 72.7 Å². The zero-order valence-corrected chi connectivity index (χ0v) is 47.7. The Morgan fingerprint density at radius 2 is 1.65 bits per heavy atom. The van der Waals surface area contributed by atoms with Gasteiger partial charge in [0, 0.05) is 70.3 Å². The maximum atomic E-state index is 15.3. The van der Waals surface area contributed by atoms with Crippen LogP contribution in [0.1, 0.15) is 101 Å². The zero-order valence-electron chi connectivity index (χ0n) is 47.7. The molecular weight excluding hydrogens is 1000 g/mol. The van der Waals surface area contributed by atoms with Crippen molar-refractivity contribution in [1.29, 1.82) is 0 Å². The number of aliphatic hydroxyl groups is 5. The van der Waals surface area contributed by atoms with E-state index in [1.807, 2.05) is 49.6 Å². The van der Waals surface area contributed by atoms with Gasteiger partial charge in [0.2, 0.25) is 0 Å². The molecule has 21 nitrogen and oxygen atoms in total. The number of hydrogen-bond acceptors (Lipinski definition) is 19. The first-order chi connectivity index (χ1) is 36.2. The highest BCUT2D eigenvalue weighted by atomic mass is 19.1. The first-order valence-corrected chi connectivity index (χ1v) is 27.8. The Balaban J connectivity index is 1.08. The molecule has 5 aliphatic heterocycles. The van der Waals surface area contributed by atoms with Gasteiger partial charge in [0.1, 0.15) is 41.9 Å². The molecule has 0 saturated carbocycles. The number of rotatable bonds is 13. The number of aliphatic hydroxyl groups excluding tert-OH is 3. The van der Waals surface area contributed by atoms with Crippen LogP contribution in [0.2, 0.25) is 0 Å². The van der Waals surface area contributed by atoms with E-state index in [9.17, 15) is 35.1 Å². The molecule has 1 unspecified atom stereocenters. The number of methoxy groups -OCH3 is 1. The minimum atomic E-state index is -1.83. The maximum Gasteiger partial charge on any atom is 0.414 e. The molecule has 436 valence electrons. The van der Waals surface area contributed by atoms with Crippen molar-refractivity contribution in [3.8, 4) is 0 Å². The number of anilines is 2. The van der Waals surface area contributed by atoms with Gasteiger partial charge in [-0.05, 0) is 105 Å². The molecule has 5 N–H and O–H groups in total. The van der Waals surface area contributed by atoms with Gasteiger partial charge in [0.05, 0.1) is 84.9 Å². The largest absolute Gasteiger partial charge is 0.459 e. The maximum absolute atomic E-state index is 15.3. The summed E-state index contributed by atoms with van der Waals surface area (Å²) in [7, 11) is 5.27. The van der Waals surface area contributed by atoms with Crippen LogP contribution in [0.5, 0.6) is 0 Å². The van der Waals surface area contributed by atoms with Crippen LogP contribution in [0.4, 0.5) is 20.6 Å². The van der Waals surface area contributed by atoms with E-state index >= 15 is 4.39 Å². The Morgan fingerprint density at radius 1 is 0.948 bits per heavy atom. The predicted molar refractivity (Wildman–Crippen MR) is 283 cm³/mol. The first kappa shape index (κ1) is 61.0. The number of amides is 1. The highest BCUT2D eigenvalue weighted by molar-refractivity contribution is 5.90. The minimum Gasteiger partial charge on any atom is -0.459 e. The van der Waals surface area contributed by atoms with Crippen molar-refractivity contribution in [2.75, 3.05) is 76.9 Å². The smallest absolute Gasteiger partial charge is 0.414 e. The molecule has 2 aromatic rings. The van der Waals surface area contributed by atoms with Gasteiger partial charge in [-0.3, -0.25) is 9.69 Å². The molecule has 5 aliphatic rings. The summed E-state index contributed by atoms with van der Waals surface area (Å²) in [5, 5.41) is 69.0. The summed E-state index contributed by atoms with van der Waals surface area (Å²) in [6, 6.07) is 3.71. The molecule has 77 heavy (non-hydrogen) atoms. The number of aromatic nitrogens is 3. The number of likely N-dealkylation sites (N-methyl/N-ethyl adjacent to an activating group) is 2. The highest BCUT2D eigenvalue weighted by Crippen LogP contribution is 2.45. The average Bonchev–Trinajstić information content (AvgIpc) is 4.01. The molecule has 0 spiro atoms. The molecule has 7 rings (SSSR count). The van der Waals surface area contributed by atoms with E-state index in [-0.39, 0.29) is 44.4 Å². The summed E-state index contributed by atoms with van der Waals surface area (Å²) in [6.45, 7) is 21.3. The number of ether oxygens (including phenoxy) is 7. The van der Waals surface area contributed by atoms with Crippen molar-refractivity contribution in [3.05, 3.63) is 35.9 Å². The standard InChI is InChI=1S/C55H90FN7O14/c1-14-44-55(10,70)47(65)35(6)60(12)27-31(2)25-53(8,69)49(33(4)45(34(5)50(67)76-44)43-26-54(9,71-13)48(66)36(7)74-43)77-51-46(64)42(23-32(3)73-51)59(11)18-17-37-28-62(58-57-37)29-39-30-63(52(68)75-39)38-15-16-41(40(56)24-38)61-19-21-72-22-20-61/h15-16,24,28,31-36,39,42-49,51,64-66,69-70H,14,17-23,25-27,29-30H2,1-13H3/t31-,32-,33+,34-,35-,36+,39+,42+,43-,44-,45?,46-,47-,48+,49-,51+,53-,54-,55-/m1/s1. The van der Waals surface area contributed by atoms with Gasteiger partial charge in [-0.1, -0.05) is 32.9 Å². The normalized spacial score (nSPS) is 40.5. The summed E-state index contributed by atoms with van der Waals surface area (Å²) >= 11 is 0. The molecule has 19 atom stereocenters. The number of carbonyl (C=O) groups excluding carboxylic acids is 2. The third-order valence-corrected chi connectivity index (χ3v) is 17.6. The number of carbonyl (C=O) groups is 2. The molecule has 0 bridgehead atoms. The molecule has 22 heteroatoms. The second-order valence-electron chi connectivity index (χ2n) is 23.8. The summed E-state index contributed by atoms with van der Waals surface area (Å²) in [5.74, 6) is -3.69. The van der Waals surface area contributed by atoms with Crippen LogP contribution in [0.25, 0.3) is 0 Å². The van der Waals surface area contributed by atoms with Gasteiger partial charge in [-0.25, -0.2) is 13.9 Å². The topological polar surface area (TPSA) is 244 Å².